The Morgan fingerprint density at radius 2 is 2.44 bits per heavy atom. The summed E-state index contributed by atoms with van der Waals surface area (Å²) in [5.41, 5.74) is 0.740. The zero-order valence-electron chi connectivity index (χ0n) is 10.0. The molecule has 1 atom stereocenters. The second-order valence-corrected chi connectivity index (χ2v) is 4.72. The van der Waals surface area contributed by atoms with Crippen molar-refractivity contribution in [1.82, 2.24) is 0 Å². The number of rotatable bonds is 5. The third kappa shape index (κ3) is 3.99. The minimum absolute atomic E-state index is 0.0775. The molecule has 0 saturated carbocycles. The Morgan fingerprint density at radius 1 is 1.56 bits per heavy atom. The molecule has 1 fully saturated rings. The van der Waals surface area contributed by atoms with Gasteiger partial charge in [-0.15, -0.1) is 0 Å². The summed E-state index contributed by atoms with van der Waals surface area (Å²) in [6.45, 7) is 1.39. The monoisotopic (exact) mass is 313 g/mol. The number of hydrogen-bond acceptors (Lipinski definition) is 3. The molecular weight excluding hydrogens is 298 g/mol. The Bertz CT molecular complexity index is 405. The molecule has 1 unspecified atom stereocenters. The molecule has 98 valence electrons. The second kappa shape index (κ2) is 6.75. The van der Waals surface area contributed by atoms with Crippen LogP contribution in [0.25, 0.3) is 0 Å². The van der Waals surface area contributed by atoms with Gasteiger partial charge in [-0.2, -0.15) is 0 Å². The van der Waals surface area contributed by atoms with E-state index in [0.29, 0.717) is 6.61 Å². The van der Waals surface area contributed by atoms with Gasteiger partial charge in [-0.1, -0.05) is 22.0 Å². The van der Waals surface area contributed by atoms with Gasteiger partial charge in [-0.25, -0.2) is 0 Å². The fraction of sp³-hybridized carbons (Fsp3) is 0.462. The van der Waals surface area contributed by atoms with Gasteiger partial charge < -0.3 is 14.8 Å². The highest BCUT2D eigenvalue weighted by Crippen LogP contribution is 2.19. The van der Waals surface area contributed by atoms with Gasteiger partial charge in [0.1, 0.15) is 12.4 Å². The molecule has 1 saturated heterocycles. The summed E-state index contributed by atoms with van der Waals surface area (Å²) in [4.78, 5) is 11.2. The summed E-state index contributed by atoms with van der Waals surface area (Å²) < 4.78 is 11.1. The quantitative estimate of drug-likeness (QED) is 0.850. The lowest BCUT2D eigenvalue weighted by molar-refractivity contribution is -0.113. The van der Waals surface area contributed by atoms with Crippen molar-refractivity contribution in [3.8, 4) is 5.75 Å². The van der Waals surface area contributed by atoms with Crippen LogP contribution in [0.3, 0.4) is 0 Å². The summed E-state index contributed by atoms with van der Waals surface area (Å²) in [6, 6.07) is 7.38. The fourth-order valence-electron chi connectivity index (χ4n) is 1.82. The smallest absolute Gasteiger partial charge is 0.235 e. The van der Waals surface area contributed by atoms with Crippen LogP contribution in [0.4, 0.5) is 5.69 Å². The van der Waals surface area contributed by atoms with Gasteiger partial charge in [0.05, 0.1) is 11.4 Å². The van der Waals surface area contributed by atoms with Crippen LogP contribution >= 0.6 is 15.9 Å². The van der Waals surface area contributed by atoms with Gasteiger partial charge in [-0.3, -0.25) is 4.79 Å². The van der Waals surface area contributed by atoms with Crippen LogP contribution in [0.15, 0.2) is 24.3 Å². The lowest BCUT2D eigenvalue weighted by atomic mass is 10.2. The molecule has 1 aromatic carbocycles. The van der Waals surface area contributed by atoms with Gasteiger partial charge in [0.15, 0.2) is 0 Å². The lowest BCUT2D eigenvalue weighted by Gasteiger charge is -2.12. The number of hydrogen-bond donors (Lipinski definition) is 1. The maximum Gasteiger partial charge on any atom is 0.235 e. The topological polar surface area (TPSA) is 47.6 Å². The lowest BCUT2D eigenvalue weighted by Crippen LogP contribution is -2.16. The minimum Gasteiger partial charge on any atom is -0.491 e. The molecule has 1 aliphatic rings. The van der Waals surface area contributed by atoms with E-state index in [1.165, 1.54) is 0 Å². The predicted octanol–water partition coefficient (Wildman–Crippen LogP) is 2.58. The van der Waals surface area contributed by atoms with E-state index in [4.69, 9.17) is 9.47 Å². The molecule has 1 amide bonds. The van der Waals surface area contributed by atoms with Crippen LogP contribution in [0, 0.1) is 0 Å². The molecule has 0 spiro atoms. The molecule has 18 heavy (non-hydrogen) atoms. The zero-order chi connectivity index (χ0) is 12.8. The van der Waals surface area contributed by atoms with Gasteiger partial charge in [-0.05, 0) is 25.0 Å². The van der Waals surface area contributed by atoms with Crippen molar-refractivity contribution in [1.29, 1.82) is 0 Å². The number of ether oxygens (including phenoxy) is 2. The van der Waals surface area contributed by atoms with Crippen molar-refractivity contribution in [3.63, 3.8) is 0 Å². The summed E-state index contributed by atoms with van der Waals surface area (Å²) in [6.07, 6.45) is 2.36. The summed E-state index contributed by atoms with van der Waals surface area (Å²) in [5.74, 6) is 0.671. The van der Waals surface area contributed by atoms with Gasteiger partial charge >= 0.3 is 0 Å². The number of halogens is 1. The number of anilines is 1. The summed E-state index contributed by atoms with van der Waals surface area (Å²) in [5, 5.41) is 3.05. The first-order chi connectivity index (χ1) is 8.78. The van der Waals surface area contributed by atoms with E-state index >= 15 is 0 Å². The Hall–Kier alpha value is -1.07. The average Bonchev–Trinajstić information content (AvgIpc) is 2.90. The average molecular weight is 314 g/mol. The van der Waals surface area contributed by atoms with E-state index < -0.39 is 0 Å². The first kappa shape index (κ1) is 13.4. The highest BCUT2D eigenvalue weighted by molar-refractivity contribution is 9.09. The molecule has 1 aromatic rings. The van der Waals surface area contributed by atoms with E-state index in [0.717, 1.165) is 30.9 Å². The van der Waals surface area contributed by atoms with Crippen LogP contribution in [0.2, 0.25) is 0 Å². The van der Waals surface area contributed by atoms with Gasteiger partial charge in [0.25, 0.3) is 0 Å². The molecular formula is C13H16BrNO3. The van der Waals surface area contributed by atoms with E-state index in [1.807, 2.05) is 24.3 Å². The minimum atomic E-state index is -0.0775. The Balaban J connectivity index is 1.87. The van der Waals surface area contributed by atoms with Crippen molar-refractivity contribution >= 4 is 27.5 Å². The van der Waals surface area contributed by atoms with Crippen molar-refractivity contribution in [2.45, 2.75) is 18.9 Å². The van der Waals surface area contributed by atoms with Crippen molar-refractivity contribution in [2.24, 2.45) is 0 Å². The van der Waals surface area contributed by atoms with E-state index in [-0.39, 0.29) is 17.3 Å². The van der Waals surface area contributed by atoms with Gasteiger partial charge in [0.2, 0.25) is 5.91 Å². The number of alkyl halides is 1. The molecule has 5 heteroatoms. The van der Waals surface area contributed by atoms with Gasteiger partial charge in [0, 0.05) is 18.4 Å². The third-order valence-electron chi connectivity index (χ3n) is 2.70. The standard InChI is InChI=1S/C13H16BrNO3/c14-8-13(16)15-10-3-1-4-11(7-10)18-9-12-5-2-6-17-12/h1,3-4,7,12H,2,5-6,8-9H2,(H,15,16). The number of carbonyl (C=O) groups excluding carboxylic acids is 1. The van der Waals surface area contributed by atoms with Crippen molar-refractivity contribution in [2.75, 3.05) is 23.9 Å². The predicted molar refractivity (Wildman–Crippen MR) is 73.3 cm³/mol. The van der Waals surface area contributed by atoms with E-state index in [9.17, 15) is 4.79 Å². The Kier molecular flexibility index (Phi) is 5.01. The Labute approximate surface area is 115 Å². The molecule has 0 bridgehead atoms. The molecule has 0 radical (unpaired) electrons. The molecule has 0 aromatic heterocycles. The first-order valence-corrected chi connectivity index (χ1v) is 7.10. The maximum atomic E-state index is 11.2. The number of amides is 1. The number of carbonyl (C=O) groups is 1. The van der Waals surface area contributed by atoms with E-state index in [1.54, 1.807) is 0 Å². The fourth-order valence-corrected chi connectivity index (χ4v) is 1.96. The normalized spacial score (nSPS) is 18.6. The highest BCUT2D eigenvalue weighted by Gasteiger charge is 2.15. The largest absolute Gasteiger partial charge is 0.491 e. The number of nitrogens with one attached hydrogen (secondary N) is 1. The highest BCUT2D eigenvalue weighted by atomic mass is 79.9. The van der Waals surface area contributed by atoms with Crippen LogP contribution in [-0.4, -0.2) is 30.6 Å². The maximum absolute atomic E-state index is 11.2. The van der Waals surface area contributed by atoms with Crippen molar-refractivity contribution in [3.05, 3.63) is 24.3 Å². The van der Waals surface area contributed by atoms with Crippen LogP contribution in [-0.2, 0) is 9.53 Å². The third-order valence-corrected chi connectivity index (χ3v) is 3.21. The number of benzene rings is 1. The summed E-state index contributed by atoms with van der Waals surface area (Å²) >= 11 is 3.11. The SMILES string of the molecule is O=C(CBr)Nc1cccc(OCC2CCCO2)c1. The molecule has 1 heterocycles. The molecule has 4 nitrogen and oxygen atoms in total. The first-order valence-electron chi connectivity index (χ1n) is 5.98. The molecule has 1 N–H and O–H groups in total. The van der Waals surface area contributed by atoms with Crippen molar-refractivity contribution < 1.29 is 14.3 Å². The summed E-state index contributed by atoms with van der Waals surface area (Å²) in [7, 11) is 0. The van der Waals surface area contributed by atoms with Crippen LogP contribution in [0.5, 0.6) is 5.75 Å². The zero-order valence-corrected chi connectivity index (χ0v) is 11.6. The van der Waals surface area contributed by atoms with E-state index in [2.05, 4.69) is 21.2 Å². The Morgan fingerprint density at radius 3 is 3.17 bits per heavy atom. The molecule has 1 aliphatic heterocycles. The van der Waals surface area contributed by atoms with Crippen LogP contribution < -0.4 is 10.1 Å². The second-order valence-electron chi connectivity index (χ2n) is 4.16. The molecule has 0 aliphatic carbocycles. The molecule has 2 rings (SSSR count). The van der Waals surface area contributed by atoms with Crippen LogP contribution in [0.1, 0.15) is 12.8 Å².